The predicted molar refractivity (Wildman–Crippen MR) is 110 cm³/mol. The smallest absolute Gasteiger partial charge is 0.258 e. The maximum atomic E-state index is 12.8. The fourth-order valence-corrected chi connectivity index (χ4v) is 4.61. The summed E-state index contributed by atoms with van der Waals surface area (Å²) in [5, 5.41) is 4.46. The number of benzene rings is 2. The van der Waals surface area contributed by atoms with Gasteiger partial charge in [0, 0.05) is 22.9 Å². The second kappa shape index (κ2) is 7.95. The topological polar surface area (TPSA) is 79.4 Å². The number of amides is 3. The number of carbonyl (C=O) groups excluding carboxylic acids is 3. The highest BCUT2D eigenvalue weighted by Gasteiger charge is 2.40. The Morgan fingerprint density at radius 1 is 1.11 bits per heavy atom. The number of thiazole rings is 1. The van der Waals surface area contributed by atoms with Gasteiger partial charge in [-0.2, -0.15) is 0 Å². The lowest BCUT2D eigenvalue weighted by molar-refractivity contribution is -0.121. The zero-order valence-corrected chi connectivity index (χ0v) is 16.2. The van der Waals surface area contributed by atoms with Gasteiger partial charge in [-0.25, -0.2) is 9.88 Å². The number of imide groups is 1. The van der Waals surface area contributed by atoms with E-state index in [9.17, 15) is 14.4 Å². The van der Waals surface area contributed by atoms with E-state index in [4.69, 9.17) is 0 Å². The van der Waals surface area contributed by atoms with Gasteiger partial charge < -0.3 is 0 Å². The van der Waals surface area contributed by atoms with Gasteiger partial charge in [0.2, 0.25) is 11.8 Å². The molecule has 1 unspecified atom stereocenters. The minimum absolute atomic E-state index is 0.0980. The maximum Gasteiger partial charge on any atom is 0.258 e. The van der Waals surface area contributed by atoms with Crippen molar-refractivity contribution in [3.05, 3.63) is 71.7 Å². The normalized spacial score (nSPS) is 16.4. The van der Waals surface area contributed by atoms with Crippen molar-refractivity contribution in [3.63, 3.8) is 0 Å². The van der Waals surface area contributed by atoms with Gasteiger partial charge in [0.15, 0.2) is 5.13 Å². The molecule has 2 aromatic carbocycles. The zero-order valence-electron chi connectivity index (χ0n) is 14.6. The third kappa shape index (κ3) is 3.69. The van der Waals surface area contributed by atoms with Gasteiger partial charge in [0.1, 0.15) is 0 Å². The van der Waals surface area contributed by atoms with E-state index in [2.05, 4.69) is 10.3 Å². The fourth-order valence-electron chi connectivity index (χ4n) is 2.90. The van der Waals surface area contributed by atoms with Crippen LogP contribution in [-0.4, -0.2) is 28.0 Å². The zero-order chi connectivity index (χ0) is 19.5. The number of thioether (sulfide) groups is 1. The highest BCUT2D eigenvalue weighted by molar-refractivity contribution is 8.00. The van der Waals surface area contributed by atoms with Crippen molar-refractivity contribution in [3.8, 4) is 0 Å². The molecule has 28 heavy (non-hydrogen) atoms. The van der Waals surface area contributed by atoms with Gasteiger partial charge in [-0.15, -0.1) is 23.1 Å². The molecule has 140 valence electrons. The molecule has 0 aliphatic carbocycles. The van der Waals surface area contributed by atoms with Crippen molar-refractivity contribution >= 4 is 51.6 Å². The van der Waals surface area contributed by atoms with E-state index in [0.29, 0.717) is 21.3 Å². The van der Waals surface area contributed by atoms with Gasteiger partial charge in [-0.1, -0.05) is 30.3 Å². The van der Waals surface area contributed by atoms with Crippen molar-refractivity contribution in [2.45, 2.75) is 16.6 Å². The Bertz CT molecular complexity index is 1020. The average molecular weight is 409 g/mol. The molecule has 3 amide bonds. The van der Waals surface area contributed by atoms with E-state index < -0.39 is 5.25 Å². The summed E-state index contributed by atoms with van der Waals surface area (Å²) >= 11 is 2.57. The molecular formula is C20H15N3O3S2. The highest BCUT2D eigenvalue weighted by atomic mass is 32.2. The fraction of sp³-hybridized carbons (Fsp3) is 0.100. The number of para-hydroxylation sites is 1. The lowest BCUT2D eigenvalue weighted by Gasteiger charge is -2.15. The summed E-state index contributed by atoms with van der Waals surface area (Å²) in [5.74, 6) is -0.801. The Balaban J connectivity index is 1.54. The molecule has 2 heterocycles. The summed E-state index contributed by atoms with van der Waals surface area (Å²) in [6.45, 7) is 0. The first-order valence-electron chi connectivity index (χ1n) is 8.52. The van der Waals surface area contributed by atoms with Crippen LogP contribution in [0.1, 0.15) is 16.8 Å². The molecule has 0 radical (unpaired) electrons. The number of aromatic nitrogens is 1. The molecule has 1 aliphatic rings. The van der Waals surface area contributed by atoms with Crippen LogP contribution in [0.25, 0.3) is 0 Å². The van der Waals surface area contributed by atoms with Crippen LogP contribution in [-0.2, 0) is 9.59 Å². The average Bonchev–Trinajstić information content (AvgIpc) is 3.31. The van der Waals surface area contributed by atoms with Crippen LogP contribution >= 0.6 is 23.1 Å². The van der Waals surface area contributed by atoms with Crippen LogP contribution in [0, 0.1) is 0 Å². The van der Waals surface area contributed by atoms with Crippen molar-refractivity contribution in [2.24, 2.45) is 0 Å². The number of hydrogen-bond acceptors (Lipinski definition) is 6. The standard InChI is InChI=1S/C20H15N3O3S2/c24-17-12-16(19(26)23(17)13-6-2-1-3-7-13)28-15-9-5-4-8-14(15)18(25)22-20-21-10-11-27-20/h1-11,16H,12H2,(H,21,22,25). The molecule has 1 fully saturated rings. The van der Waals surface area contributed by atoms with Crippen LogP contribution in [0.3, 0.4) is 0 Å². The van der Waals surface area contributed by atoms with Gasteiger partial charge in [-0.3, -0.25) is 19.7 Å². The number of carbonyl (C=O) groups is 3. The van der Waals surface area contributed by atoms with Crippen LogP contribution in [0.15, 0.2) is 71.1 Å². The van der Waals surface area contributed by atoms with Gasteiger partial charge >= 0.3 is 0 Å². The summed E-state index contributed by atoms with van der Waals surface area (Å²) in [6.07, 6.45) is 1.71. The van der Waals surface area contributed by atoms with E-state index in [-0.39, 0.29) is 24.1 Å². The van der Waals surface area contributed by atoms with Crippen LogP contribution in [0.2, 0.25) is 0 Å². The van der Waals surface area contributed by atoms with E-state index in [1.165, 1.54) is 28.0 Å². The number of nitrogens with zero attached hydrogens (tertiary/aromatic N) is 2. The largest absolute Gasteiger partial charge is 0.298 e. The van der Waals surface area contributed by atoms with Crippen molar-refractivity contribution in [1.82, 2.24) is 4.98 Å². The highest BCUT2D eigenvalue weighted by Crippen LogP contribution is 2.35. The third-order valence-electron chi connectivity index (χ3n) is 4.17. The lowest BCUT2D eigenvalue weighted by Crippen LogP contribution is -2.31. The molecule has 3 aromatic rings. The third-order valence-corrected chi connectivity index (χ3v) is 6.12. The van der Waals surface area contributed by atoms with Gasteiger partial charge in [0.05, 0.1) is 16.5 Å². The molecular weight excluding hydrogens is 394 g/mol. The monoisotopic (exact) mass is 409 g/mol. The second-order valence-electron chi connectivity index (χ2n) is 6.00. The summed E-state index contributed by atoms with van der Waals surface area (Å²) < 4.78 is 0. The lowest BCUT2D eigenvalue weighted by atomic mass is 10.2. The molecule has 8 heteroatoms. The molecule has 1 atom stereocenters. The first-order chi connectivity index (χ1) is 13.6. The molecule has 0 bridgehead atoms. The van der Waals surface area contributed by atoms with E-state index in [0.717, 1.165) is 0 Å². The Labute approximate surface area is 169 Å². The van der Waals surface area contributed by atoms with Gasteiger partial charge in [-0.05, 0) is 24.3 Å². The molecule has 4 rings (SSSR count). The van der Waals surface area contributed by atoms with Crippen LogP contribution in [0.4, 0.5) is 10.8 Å². The molecule has 0 spiro atoms. The second-order valence-corrected chi connectivity index (χ2v) is 8.14. The summed E-state index contributed by atoms with van der Waals surface area (Å²) in [5.41, 5.74) is 1.01. The molecule has 0 saturated carbocycles. The molecule has 1 aromatic heterocycles. The van der Waals surface area contributed by atoms with Crippen LogP contribution in [0.5, 0.6) is 0 Å². The summed E-state index contributed by atoms with van der Waals surface area (Å²) in [7, 11) is 0. The Morgan fingerprint density at radius 2 is 1.86 bits per heavy atom. The minimum atomic E-state index is -0.568. The molecule has 1 aliphatic heterocycles. The number of nitrogens with one attached hydrogen (secondary N) is 1. The Kier molecular flexibility index (Phi) is 5.23. The SMILES string of the molecule is O=C(Nc1nccs1)c1ccccc1SC1CC(=O)N(c2ccccc2)C1=O. The van der Waals surface area contributed by atoms with Crippen LogP contribution < -0.4 is 10.2 Å². The predicted octanol–water partition coefficient (Wildman–Crippen LogP) is 3.82. The van der Waals surface area contributed by atoms with Crippen molar-refractivity contribution in [1.29, 1.82) is 0 Å². The van der Waals surface area contributed by atoms with E-state index in [1.54, 1.807) is 60.1 Å². The van der Waals surface area contributed by atoms with E-state index in [1.807, 2.05) is 6.07 Å². The first kappa shape index (κ1) is 18.4. The number of hydrogen-bond donors (Lipinski definition) is 1. The molecule has 6 nitrogen and oxygen atoms in total. The number of anilines is 2. The quantitative estimate of drug-likeness (QED) is 0.648. The van der Waals surface area contributed by atoms with Gasteiger partial charge in [0.25, 0.3) is 5.91 Å². The maximum absolute atomic E-state index is 12.8. The summed E-state index contributed by atoms with van der Waals surface area (Å²) in [6, 6.07) is 15.9. The van der Waals surface area contributed by atoms with E-state index >= 15 is 0 Å². The molecule has 1 N–H and O–H groups in total. The Hall–Kier alpha value is -2.97. The first-order valence-corrected chi connectivity index (χ1v) is 10.3. The summed E-state index contributed by atoms with van der Waals surface area (Å²) in [4.78, 5) is 43.8. The molecule has 1 saturated heterocycles. The number of rotatable bonds is 5. The van der Waals surface area contributed by atoms with Crippen molar-refractivity contribution < 1.29 is 14.4 Å². The van der Waals surface area contributed by atoms with Crippen molar-refractivity contribution in [2.75, 3.05) is 10.2 Å². The Morgan fingerprint density at radius 3 is 2.61 bits per heavy atom. The minimum Gasteiger partial charge on any atom is -0.298 e.